The van der Waals surface area contributed by atoms with Crippen LogP contribution in [-0.2, 0) is 9.53 Å². The molecule has 0 bridgehead atoms. The van der Waals surface area contributed by atoms with Gasteiger partial charge in [-0.25, -0.2) is 0 Å². The van der Waals surface area contributed by atoms with Crippen LogP contribution in [0.15, 0.2) is 30.5 Å². The van der Waals surface area contributed by atoms with E-state index in [4.69, 9.17) is 16.3 Å². The van der Waals surface area contributed by atoms with Crippen LogP contribution < -0.4 is 0 Å². The van der Waals surface area contributed by atoms with Gasteiger partial charge in [-0.1, -0.05) is 86.0 Å². The number of alkyl halides is 2. The molecule has 2 aromatic rings. The number of ether oxygens (including phenoxy) is 1. The molecule has 0 aliphatic carbocycles. The monoisotopic (exact) mass is 469 g/mol. The zero-order valence-corrected chi connectivity index (χ0v) is 19.4. The Morgan fingerprint density at radius 1 is 1.14 bits per heavy atom. The number of hydrogen-bond acceptors (Lipinski definition) is 2. The summed E-state index contributed by atoms with van der Waals surface area (Å²) in [6.45, 7) is 2.24. The van der Waals surface area contributed by atoms with Crippen molar-refractivity contribution in [2.75, 3.05) is 7.11 Å². The third kappa shape index (κ3) is 6.81. The summed E-state index contributed by atoms with van der Waals surface area (Å²) in [4.78, 5) is 15.5. The van der Waals surface area contributed by atoms with E-state index in [9.17, 15) is 4.79 Å². The van der Waals surface area contributed by atoms with Crippen molar-refractivity contribution in [3.8, 4) is 0 Å². The fourth-order valence-electron chi connectivity index (χ4n) is 3.77. The van der Waals surface area contributed by atoms with Crippen LogP contribution in [0, 0.1) is 0 Å². The summed E-state index contributed by atoms with van der Waals surface area (Å²) >= 11 is 10.7. The van der Waals surface area contributed by atoms with Crippen molar-refractivity contribution in [3.05, 3.63) is 36.0 Å². The molecule has 0 radical (unpaired) electrons. The van der Waals surface area contributed by atoms with Crippen molar-refractivity contribution >= 4 is 44.4 Å². The SMILES string of the molecule is CCCCCCCCCC(Br)C(Cl)C(CC(=O)OC)c1c[nH]c2ccccc12. The second-order valence-corrected chi connectivity index (χ2v) is 9.23. The summed E-state index contributed by atoms with van der Waals surface area (Å²) in [5.41, 5.74) is 2.15. The number of esters is 1. The van der Waals surface area contributed by atoms with Crippen molar-refractivity contribution < 1.29 is 9.53 Å². The molecule has 0 fully saturated rings. The highest BCUT2D eigenvalue weighted by atomic mass is 79.9. The molecule has 1 heterocycles. The van der Waals surface area contributed by atoms with Gasteiger partial charge in [0.05, 0.1) is 18.9 Å². The van der Waals surface area contributed by atoms with Gasteiger partial charge >= 0.3 is 5.97 Å². The molecule has 5 heteroatoms. The highest BCUT2D eigenvalue weighted by molar-refractivity contribution is 9.09. The number of methoxy groups -OCH3 is 1. The molecule has 3 atom stereocenters. The number of H-pyrrole nitrogens is 1. The molecule has 0 aliphatic heterocycles. The number of aromatic amines is 1. The summed E-state index contributed by atoms with van der Waals surface area (Å²) in [5.74, 6) is -0.323. The van der Waals surface area contributed by atoms with E-state index < -0.39 is 0 Å². The Bertz CT molecular complexity index is 717. The molecule has 1 aromatic heterocycles. The lowest BCUT2D eigenvalue weighted by atomic mass is 9.89. The number of hydrogen-bond donors (Lipinski definition) is 1. The van der Waals surface area contributed by atoms with E-state index in [1.807, 2.05) is 24.4 Å². The molecule has 1 aromatic carbocycles. The number of carbonyl (C=O) groups is 1. The first-order chi connectivity index (χ1) is 13.6. The molecule has 28 heavy (non-hydrogen) atoms. The van der Waals surface area contributed by atoms with Gasteiger partial charge in [-0.05, 0) is 18.1 Å². The fourth-order valence-corrected chi connectivity index (χ4v) is 4.81. The van der Waals surface area contributed by atoms with Gasteiger partial charge in [-0.3, -0.25) is 4.79 Å². The molecule has 1 N–H and O–H groups in total. The van der Waals surface area contributed by atoms with E-state index in [1.165, 1.54) is 45.6 Å². The van der Waals surface area contributed by atoms with Crippen LogP contribution in [0.25, 0.3) is 10.9 Å². The summed E-state index contributed by atoms with van der Waals surface area (Å²) in [5, 5.41) is 0.941. The minimum atomic E-state index is -0.225. The van der Waals surface area contributed by atoms with Crippen LogP contribution in [0.1, 0.15) is 76.2 Å². The maximum absolute atomic E-state index is 12.1. The van der Waals surface area contributed by atoms with Crippen LogP contribution >= 0.6 is 27.5 Å². The van der Waals surface area contributed by atoms with Gasteiger partial charge in [0.15, 0.2) is 0 Å². The average Bonchev–Trinajstić information content (AvgIpc) is 3.14. The third-order valence-corrected chi connectivity index (χ3v) is 7.39. The van der Waals surface area contributed by atoms with E-state index >= 15 is 0 Å². The highest BCUT2D eigenvalue weighted by Crippen LogP contribution is 2.37. The molecule has 3 nitrogen and oxygen atoms in total. The molecule has 0 saturated carbocycles. The van der Waals surface area contributed by atoms with Crippen LogP contribution in [0.4, 0.5) is 0 Å². The molecule has 0 aliphatic rings. The number of benzene rings is 1. The van der Waals surface area contributed by atoms with Crippen LogP contribution in [0.5, 0.6) is 0 Å². The molecule has 0 spiro atoms. The fraction of sp³-hybridized carbons (Fsp3) is 0.609. The first kappa shape index (κ1) is 23.3. The Labute approximate surface area is 182 Å². The van der Waals surface area contributed by atoms with Crippen molar-refractivity contribution in [2.24, 2.45) is 0 Å². The predicted octanol–water partition coefficient (Wildman–Crippen LogP) is 7.33. The lowest BCUT2D eigenvalue weighted by Gasteiger charge is -2.25. The predicted molar refractivity (Wildman–Crippen MR) is 123 cm³/mol. The quantitative estimate of drug-likeness (QED) is 0.189. The zero-order chi connectivity index (χ0) is 20.4. The largest absolute Gasteiger partial charge is 0.469 e. The summed E-state index contributed by atoms with van der Waals surface area (Å²) < 4.78 is 4.94. The molecular formula is C23H33BrClNO2. The number of carbonyl (C=O) groups excluding carboxylic acids is 1. The molecular weight excluding hydrogens is 438 g/mol. The van der Waals surface area contributed by atoms with Crippen LogP contribution in [-0.4, -0.2) is 28.3 Å². The number of fused-ring (bicyclic) bond motifs is 1. The lowest BCUT2D eigenvalue weighted by molar-refractivity contribution is -0.141. The van der Waals surface area contributed by atoms with Gasteiger partial charge in [0.1, 0.15) is 0 Å². The average molecular weight is 471 g/mol. The Morgan fingerprint density at radius 2 is 1.82 bits per heavy atom. The number of para-hydroxylation sites is 1. The Kier molecular flexibility index (Phi) is 10.4. The minimum Gasteiger partial charge on any atom is -0.469 e. The maximum Gasteiger partial charge on any atom is 0.306 e. The smallest absolute Gasteiger partial charge is 0.306 e. The van der Waals surface area contributed by atoms with E-state index in [0.29, 0.717) is 0 Å². The second kappa shape index (κ2) is 12.5. The molecule has 156 valence electrons. The van der Waals surface area contributed by atoms with Gasteiger partial charge in [-0.2, -0.15) is 0 Å². The molecule has 2 rings (SSSR count). The zero-order valence-electron chi connectivity index (χ0n) is 17.1. The van der Waals surface area contributed by atoms with Crippen LogP contribution in [0.3, 0.4) is 0 Å². The van der Waals surface area contributed by atoms with Crippen molar-refractivity contribution in [1.29, 1.82) is 0 Å². The standard InChI is InChI=1S/C23H33BrClNO2/c1-3-4-5-6-7-8-9-13-20(24)23(25)18(15-22(27)28-2)19-16-26-21-14-11-10-12-17(19)21/h10-12,14,16,18,20,23,26H,3-9,13,15H2,1-2H3. The topological polar surface area (TPSA) is 42.1 Å². The van der Waals surface area contributed by atoms with Gasteiger partial charge in [0.25, 0.3) is 0 Å². The number of nitrogens with one attached hydrogen (secondary N) is 1. The van der Waals surface area contributed by atoms with Crippen molar-refractivity contribution in [2.45, 2.75) is 80.8 Å². The number of halogens is 2. The summed E-state index contributed by atoms with van der Waals surface area (Å²) in [6.07, 6.45) is 12.3. The summed E-state index contributed by atoms with van der Waals surface area (Å²) in [7, 11) is 1.43. The van der Waals surface area contributed by atoms with Gasteiger partial charge in [0.2, 0.25) is 0 Å². The van der Waals surface area contributed by atoms with Crippen molar-refractivity contribution in [3.63, 3.8) is 0 Å². The first-order valence-corrected chi connectivity index (χ1v) is 11.8. The maximum atomic E-state index is 12.1. The Hall–Kier alpha value is -1.00. The number of rotatable bonds is 13. The number of aromatic nitrogens is 1. The van der Waals surface area contributed by atoms with E-state index in [0.717, 1.165) is 29.3 Å². The van der Waals surface area contributed by atoms with Gasteiger partial charge in [0, 0.05) is 27.8 Å². The molecule has 0 amide bonds. The van der Waals surface area contributed by atoms with E-state index in [2.05, 4.69) is 33.9 Å². The molecule has 3 unspecified atom stereocenters. The Balaban J connectivity index is 1.99. The molecule has 0 saturated heterocycles. The highest BCUT2D eigenvalue weighted by Gasteiger charge is 2.31. The third-order valence-electron chi connectivity index (χ3n) is 5.45. The van der Waals surface area contributed by atoms with Crippen LogP contribution in [0.2, 0.25) is 0 Å². The first-order valence-electron chi connectivity index (χ1n) is 10.5. The van der Waals surface area contributed by atoms with E-state index in [1.54, 1.807) is 0 Å². The second-order valence-electron chi connectivity index (χ2n) is 7.55. The van der Waals surface area contributed by atoms with Gasteiger partial charge < -0.3 is 9.72 Å². The normalized spacial score (nSPS) is 14.7. The lowest BCUT2D eigenvalue weighted by Crippen LogP contribution is -2.25. The summed E-state index contributed by atoms with van der Waals surface area (Å²) in [6, 6.07) is 8.14. The minimum absolute atomic E-state index is 0.0980. The van der Waals surface area contributed by atoms with Crippen molar-refractivity contribution in [1.82, 2.24) is 4.98 Å². The van der Waals surface area contributed by atoms with Gasteiger partial charge in [-0.15, -0.1) is 11.6 Å². The van der Waals surface area contributed by atoms with E-state index in [-0.39, 0.29) is 28.5 Å². The number of unbranched alkanes of at least 4 members (excludes halogenated alkanes) is 6. The Morgan fingerprint density at radius 3 is 2.54 bits per heavy atom.